The maximum atomic E-state index is 12.9. The topological polar surface area (TPSA) is 92.2 Å². The highest BCUT2D eigenvalue weighted by atomic mass is 16.2. The van der Waals surface area contributed by atoms with Crippen LogP contribution in [0.25, 0.3) is 0 Å². The van der Waals surface area contributed by atoms with Crippen LogP contribution in [0.3, 0.4) is 0 Å². The first-order chi connectivity index (χ1) is 16.0. The number of carbonyl (C=O) groups excluding carboxylic acids is 2. The van der Waals surface area contributed by atoms with E-state index in [9.17, 15) is 9.59 Å². The predicted octanol–water partition coefficient (Wildman–Crippen LogP) is 3.37. The largest absolute Gasteiger partial charge is 0.337 e. The molecule has 3 aliphatic rings. The van der Waals surface area contributed by atoms with Gasteiger partial charge in [0, 0.05) is 49.4 Å². The highest BCUT2D eigenvalue weighted by Crippen LogP contribution is 2.34. The summed E-state index contributed by atoms with van der Waals surface area (Å²) in [6.45, 7) is 5.85. The highest BCUT2D eigenvalue weighted by Gasteiger charge is 2.34. The molecule has 0 bridgehead atoms. The zero-order chi connectivity index (χ0) is 22.9. The van der Waals surface area contributed by atoms with Gasteiger partial charge in [0.2, 0.25) is 5.91 Å². The molecule has 1 atom stereocenters. The van der Waals surface area contributed by atoms with Gasteiger partial charge in [-0.1, -0.05) is 19.3 Å². The van der Waals surface area contributed by atoms with Gasteiger partial charge in [0.1, 0.15) is 17.3 Å². The lowest BCUT2D eigenvalue weighted by Gasteiger charge is -2.33. The van der Waals surface area contributed by atoms with E-state index in [2.05, 4.69) is 9.97 Å². The highest BCUT2D eigenvalue weighted by molar-refractivity contribution is 5.95. The standard InChI is InChI=1S/C25H32N6O2/c1-16-12-27-21(13-26-16)25(33)30-11-10-19(15-30)23-28-17(2)20-8-9-22(32)31(24(20)29-23)14-18-6-4-3-5-7-18/h12-13,18-19H,3-11,14-15H2,1-2H3/t19-/m0/s1. The van der Waals surface area contributed by atoms with Gasteiger partial charge in [0.05, 0.1) is 11.9 Å². The molecular weight excluding hydrogens is 416 g/mol. The number of nitrogens with zero attached hydrogens (tertiary/aromatic N) is 6. The molecule has 2 amide bonds. The Morgan fingerprint density at radius 2 is 1.85 bits per heavy atom. The van der Waals surface area contributed by atoms with Gasteiger partial charge in [-0.05, 0) is 45.4 Å². The van der Waals surface area contributed by atoms with Crippen LogP contribution >= 0.6 is 0 Å². The van der Waals surface area contributed by atoms with Crippen molar-refractivity contribution in [2.24, 2.45) is 5.92 Å². The van der Waals surface area contributed by atoms with Gasteiger partial charge in [-0.15, -0.1) is 0 Å². The predicted molar refractivity (Wildman–Crippen MR) is 124 cm³/mol. The third-order valence-corrected chi connectivity index (χ3v) is 7.36. The van der Waals surface area contributed by atoms with Crippen molar-refractivity contribution in [1.29, 1.82) is 0 Å². The summed E-state index contributed by atoms with van der Waals surface area (Å²) in [6, 6.07) is 0. The minimum absolute atomic E-state index is 0.0601. The molecular formula is C25H32N6O2. The summed E-state index contributed by atoms with van der Waals surface area (Å²) in [7, 11) is 0. The van der Waals surface area contributed by atoms with Gasteiger partial charge in [-0.25, -0.2) is 15.0 Å². The number of aryl methyl sites for hydroxylation is 2. The maximum Gasteiger partial charge on any atom is 0.274 e. The fraction of sp³-hybridized carbons (Fsp3) is 0.600. The van der Waals surface area contributed by atoms with E-state index < -0.39 is 0 Å². The van der Waals surface area contributed by atoms with Crippen LogP contribution in [0.1, 0.15) is 84.1 Å². The van der Waals surface area contributed by atoms with Crippen LogP contribution in [-0.2, 0) is 11.2 Å². The minimum atomic E-state index is -0.103. The number of hydrogen-bond acceptors (Lipinski definition) is 6. The molecule has 1 saturated heterocycles. The molecule has 0 radical (unpaired) electrons. The normalized spacial score (nSPS) is 21.4. The number of anilines is 1. The van der Waals surface area contributed by atoms with Crippen LogP contribution < -0.4 is 4.90 Å². The lowest BCUT2D eigenvalue weighted by atomic mass is 9.88. The third kappa shape index (κ3) is 4.48. The Kier molecular flexibility index (Phi) is 6.08. The summed E-state index contributed by atoms with van der Waals surface area (Å²) in [6.07, 6.45) is 11.4. The Balaban J connectivity index is 1.36. The van der Waals surface area contributed by atoms with Crippen LogP contribution in [-0.4, -0.2) is 56.3 Å². The molecule has 174 valence electrons. The number of aromatic nitrogens is 4. The minimum Gasteiger partial charge on any atom is -0.337 e. The van der Waals surface area contributed by atoms with Gasteiger partial charge in [-0.3, -0.25) is 19.5 Å². The summed E-state index contributed by atoms with van der Waals surface area (Å²) in [5.74, 6) is 2.26. The monoisotopic (exact) mass is 448 g/mol. The van der Waals surface area contributed by atoms with Crippen molar-refractivity contribution in [2.75, 3.05) is 24.5 Å². The molecule has 2 aromatic rings. The Morgan fingerprint density at radius 1 is 1.03 bits per heavy atom. The summed E-state index contributed by atoms with van der Waals surface area (Å²) in [4.78, 5) is 47.8. The molecule has 0 spiro atoms. The van der Waals surface area contributed by atoms with Gasteiger partial charge < -0.3 is 4.90 Å². The van der Waals surface area contributed by atoms with E-state index >= 15 is 0 Å². The van der Waals surface area contributed by atoms with Crippen molar-refractivity contribution >= 4 is 17.6 Å². The molecule has 1 aliphatic carbocycles. The van der Waals surface area contributed by atoms with E-state index in [1.807, 2.05) is 23.6 Å². The Hall–Kier alpha value is -2.90. The van der Waals surface area contributed by atoms with Crippen LogP contribution in [0, 0.1) is 19.8 Å². The van der Waals surface area contributed by atoms with Crippen molar-refractivity contribution in [3.8, 4) is 0 Å². The lowest BCUT2D eigenvalue weighted by molar-refractivity contribution is -0.119. The molecule has 2 aliphatic heterocycles. The van der Waals surface area contributed by atoms with Crippen molar-refractivity contribution in [1.82, 2.24) is 24.8 Å². The Labute approximate surface area is 194 Å². The van der Waals surface area contributed by atoms with Crippen molar-refractivity contribution in [3.63, 3.8) is 0 Å². The van der Waals surface area contributed by atoms with E-state index in [0.29, 0.717) is 37.5 Å². The number of hydrogen-bond donors (Lipinski definition) is 0. The van der Waals surface area contributed by atoms with E-state index in [4.69, 9.17) is 9.97 Å². The van der Waals surface area contributed by atoms with Crippen LogP contribution in [0.4, 0.5) is 5.82 Å². The first kappa shape index (κ1) is 21.9. The smallest absolute Gasteiger partial charge is 0.274 e. The van der Waals surface area contributed by atoms with Crippen molar-refractivity contribution < 1.29 is 9.59 Å². The van der Waals surface area contributed by atoms with Gasteiger partial charge in [0.15, 0.2) is 0 Å². The number of amides is 2. The Morgan fingerprint density at radius 3 is 2.61 bits per heavy atom. The van der Waals surface area contributed by atoms with E-state index in [0.717, 1.165) is 41.6 Å². The number of rotatable bonds is 4. The molecule has 0 aromatic carbocycles. The second-order valence-corrected chi connectivity index (χ2v) is 9.76. The lowest BCUT2D eigenvalue weighted by Crippen LogP contribution is -2.40. The zero-order valence-electron chi connectivity index (χ0n) is 19.6. The Bertz CT molecular complexity index is 1050. The summed E-state index contributed by atoms with van der Waals surface area (Å²) in [5, 5.41) is 0. The summed E-state index contributed by atoms with van der Waals surface area (Å²) >= 11 is 0. The van der Waals surface area contributed by atoms with Crippen molar-refractivity contribution in [2.45, 2.75) is 71.1 Å². The number of fused-ring (bicyclic) bond motifs is 1. The van der Waals surface area contributed by atoms with Gasteiger partial charge in [0.25, 0.3) is 5.91 Å². The third-order valence-electron chi connectivity index (χ3n) is 7.36. The van der Waals surface area contributed by atoms with Crippen LogP contribution in [0.2, 0.25) is 0 Å². The molecule has 8 nitrogen and oxygen atoms in total. The molecule has 4 heterocycles. The first-order valence-corrected chi connectivity index (χ1v) is 12.3. The second-order valence-electron chi connectivity index (χ2n) is 9.76. The second kappa shape index (κ2) is 9.15. The molecule has 2 aromatic heterocycles. The van der Waals surface area contributed by atoms with Crippen molar-refractivity contribution in [3.05, 3.63) is 40.9 Å². The number of carbonyl (C=O) groups is 2. The zero-order valence-corrected chi connectivity index (χ0v) is 19.6. The molecule has 1 saturated carbocycles. The summed E-state index contributed by atoms with van der Waals surface area (Å²) < 4.78 is 0. The average molecular weight is 449 g/mol. The molecule has 8 heteroatoms. The number of likely N-dealkylation sites (tertiary alicyclic amines) is 1. The molecule has 0 unspecified atom stereocenters. The molecule has 2 fully saturated rings. The van der Waals surface area contributed by atoms with Crippen LogP contribution in [0.15, 0.2) is 12.4 Å². The quantitative estimate of drug-likeness (QED) is 0.712. The SMILES string of the molecule is Cc1cnc(C(=O)N2CC[C@H](c3nc(C)c4c(n3)N(CC3CCCCC3)C(=O)CC4)C2)cn1. The van der Waals surface area contributed by atoms with Gasteiger partial charge in [-0.2, -0.15) is 0 Å². The fourth-order valence-electron chi connectivity index (χ4n) is 5.42. The molecule has 0 N–H and O–H groups in total. The fourth-order valence-corrected chi connectivity index (χ4v) is 5.42. The van der Waals surface area contributed by atoms with E-state index in [1.165, 1.54) is 32.1 Å². The van der Waals surface area contributed by atoms with Crippen LogP contribution in [0.5, 0.6) is 0 Å². The van der Waals surface area contributed by atoms with E-state index in [1.54, 1.807) is 12.4 Å². The van der Waals surface area contributed by atoms with Gasteiger partial charge >= 0.3 is 0 Å². The maximum absolute atomic E-state index is 12.9. The molecule has 33 heavy (non-hydrogen) atoms. The average Bonchev–Trinajstić information content (AvgIpc) is 3.32. The summed E-state index contributed by atoms with van der Waals surface area (Å²) in [5.41, 5.74) is 3.23. The van der Waals surface area contributed by atoms with E-state index in [-0.39, 0.29) is 17.7 Å². The molecule has 5 rings (SSSR count). The first-order valence-electron chi connectivity index (χ1n) is 12.3.